The van der Waals surface area contributed by atoms with Crippen LogP contribution in [0.15, 0.2) is 18.3 Å². The minimum absolute atomic E-state index is 0.351. The first-order valence-corrected chi connectivity index (χ1v) is 11.3. The molecule has 2 aliphatic rings. The van der Waals surface area contributed by atoms with E-state index in [1.54, 1.807) is 18.3 Å². The highest BCUT2D eigenvalue weighted by atomic mass is 35.5. The van der Waals surface area contributed by atoms with Crippen molar-refractivity contribution in [1.82, 2.24) is 15.4 Å². The Kier molecular flexibility index (Phi) is 8.93. The van der Waals surface area contributed by atoms with E-state index in [-0.39, 0.29) is 12.2 Å². The summed E-state index contributed by atoms with van der Waals surface area (Å²) in [7, 11) is 0. The number of aromatic nitrogens is 1. The van der Waals surface area contributed by atoms with Gasteiger partial charge in [0.1, 0.15) is 5.82 Å². The van der Waals surface area contributed by atoms with Crippen LogP contribution in [0.2, 0.25) is 5.02 Å². The molecule has 0 spiro atoms. The topological polar surface area (TPSA) is 75.7 Å². The lowest BCUT2D eigenvalue weighted by atomic mass is 10.0. The van der Waals surface area contributed by atoms with Gasteiger partial charge in [-0.05, 0) is 49.3 Å². The standard InChI is InChI=1S/C22H33ClN4O3/c1-16(2)15-27-10-8-18(9-11-27)25-22-19(23)13-17(14-24-22)6-7-20(28)26-30-21-5-3-4-12-29-21/h6-7,13-14,16,18,21H,3-5,8-12,15H2,1-2H3,(H,24,25)(H,26,28). The van der Waals surface area contributed by atoms with Crippen molar-refractivity contribution in [2.24, 2.45) is 5.92 Å². The summed E-state index contributed by atoms with van der Waals surface area (Å²) in [6.07, 6.45) is 9.41. The maximum Gasteiger partial charge on any atom is 0.267 e. The second kappa shape index (κ2) is 11.6. The molecule has 3 rings (SSSR count). The lowest BCUT2D eigenvalue weighted by molar-refractivity contribution is -0.198. The predicted octanol–water partition coefficient (Wildman–Crippen LogP) is 3.85. The summed E-state index contributed by atoms with van der Waals surface area (Å²) in [5.74, 6) is 1.04. The molecule has 8 heteroatoms. The van der Waals surface area contributed by atoms with Crippen LogP contribution in [0.5, 0.6) is 0 Å². The van der Waals surface area contributed by atoms with Crippen molar-refractivity contribution >= 4 is 29.4 Å². The van der Waals surface area contributed by atoms with Crippen molar-refractivity contribution in [3.8, 4) is 0 Å². The molecule has 2 N–H and O–H groups in total. The average Bonchev–Trinajstić information content (AvgIpc) is 2.74. The van der Waals surface area contributed by atoms with Gasteiger partial charge in [-0.25, -0.2) is 15.3 Å². The van der Waals surface area contributed by atoms with Crippen molar-refractivity contribution in [3.05, 3.63) is 28.9 Å². The molecule has 3 heterocycles. The molecule has 7 nitrogen and oxygen atoms in total. The number of ether oxygens (including phenoxy) is 1. The Morgan fingerprint density at radius 1 is 1.37 bits per heavy atom. The molecule has 1 atom stereocenters. The number of anilines is 1. The number of rotatable bonds is 8. The van der Waals surface area contributed by atoms with Crippen molar-refractivity contribution in [3.63, 3.8) is 0 Å². The van der Waals surface area contributed by atoms with E-state index in [0.717, 1.165) is 57.3 Å². The van der Waals surface area contributed by atoms with Crippen LogP contribution >= 0.6 is 11.6 Å². The second-order valence-corrected chi connectivity index (χ2v) is 8.83. The fraction of sp³-hybridized carbons (Fsp3) is 0.636. The molecule has 2 saturated heterocycles. The van der Waals surface area contributed by atoms with Gasteiger partial charge < -0.3 is 15.0 Å². The van der Waals surface area contributed by atoms with Crippen LogP contribution in [0, 0.1) is 5.92 Å². The number of amides is 1. The largest absolute Gasteiger partial charge is 0.366 e. The van der Waals surface area contributed by atoms with E-state index in [1.165, 1.54) is 6.08 Å². The first-order chi connectivity index (χ1) is 14.5. The van der Waals surface area contributed by atoms with E-state index in [2.05, 4.69) is 34.5 Å². The summed E-state index contributed by atoms with van der Waals surface area (Å²) in [5, 5.41) is 4.01. The highest BCUT2D eigenvalue weighted by Gasteiger charge is 2.20. The van der Waals surface area contributed by atoms with Gasteiger partial charge in [0.2, 0.25) is 0 Å². The summed E-state index contributed by atoms with van der Waals surface area (Å²) < 4.78 is 5.41. The van der Waals surface area contributed by atoms with Crippen LogP contribution in [0.4, 0.5) is 5.82 Å². The van der Waals surface area contributed by atoms with Gasteiger partial charge in [-0.3, -0.25) is 4.79 Å². The Bertz CT molecular complexity index is 714. The molecule has 166 valence electrons. The maximum absolute atomic E-state index is 11.9. The molecule has 0 radical (unpaired) electrons. The third-order valence-corrected chi connectivity index (χ3v) is 5.56. The minimum Gasteiger partial charge on any atom is -0.366 e. The number of carbonyl (C=O) groups excluding carboxylic acids is 1. The van der Waals surface area contributed by atoms with Gasteiger partial charge in [-0.2, -0.15) is 0 Å². The second-order valence-electron chi connectivity index (χ2n) is 8.43. The highest BCUT2D eigenvalue weighted by molar-refractivity contribution is 6.33. The summed E-state index contributed by atoms with van der Waals surface area (Å²) in [6, 6.07) is 2.18. The van der Waals surface area contributed by atoms with E-state index < -0.39 is 0 Å². The van der Waals surface area contributed by atoms with Gasteiger partial charge in [-0.1, -0.05) is 25.4 Å². The van der Waals surface area contributed by atoms with E-state index in [4.69, 9.17) is 21.2 Å². The number of likely N-dealkylation sites (tertiary alicyclic amines) is 1. The van der Waals surface area contributed by atoms with Gasteiger partial charge in [0.25, 0.3) is 5.91 Å². The summed E-state index contributed by atoms with van der Waals surface area (Å²) >= 11 is 6.41. The number of nitrogens with zero attached hydrogens (tertiary/aromatic N) is 2. The monoisotopic (exact) mass is 436 g/mol. The van der Waals surface area contributed by atoms with E-state index >= 15 is 0 Å². The van der Waals surface area contributed by atoms with Gasteiger partial charge in [-0.15, -0.1) is 0 Å². The number of piperidine rings is 1. The lowest BCUT2D eigenvalue weighted by Crippen LogP contribution is -2.40. The van der Waals surface area contributed by atoms with Crippen LogP contribution in [-0.2, 0) is 14.4 Å². The predicted molar refractivity (Wildman–Crippen MR) is 119 cm³/mol. The molecule has 2 aliphatic heterocycles. The van der Waals surface area contributed by atoms with E-state index in [9.17, 15) is 4.79 Å². The fourth-order valence-electron chi connectivity index (χ4n) is 3.75. The van der Waals surface area contributed by atoms with Crippen molar-refractivity contribution < 1.29 is 14.4 Å². The number of carbonyl (C=O) groups is 1. The molecule has 0 saturated carbocycles. The Hall–Kier alpha value is -1.67. The first-order valence-electron chi connectivity index (χ1n) is 10.9. The molecule has 1 amide bonds. The number of hydrogen-bond donors (Lipinski definition) is 2. The normalized spacial score (nSPS) is 21.3. The molecule has 30 heavy (non-hydrogen) atoms. The number of hydrogen-bond acceptors (Lipinski definition) is 6. The number of nitrogens with one attached hydrogen (secondary N) is 2. The Morgan fingerprint density at radius 2 is 2.17 bits per heavy atom. The van der Waals surface area contributed by atoms with Crippen LogP contribution in [0.25, 0.3) is 6.08 Å². The lowest BCUT2D eigenvalue weighted by Gasteiger charge is -2.33. The summed E-state index contributed by atoms with van der Waals surface area (Å²) in [4.78, 5) is 24.1. The van der Waals surface area contributed by atoms with Gasteiger partial charge in [0.05, 0.1) is 5.02 Å². The maximum atomic E-state index is 11.9. The summed E-state index contributed by atoms with van der Waals surface area (Å²) in [5.41, 5.74) is 3.15. The summed E-state index contributed by atoms with van der Waals surface area (Å²) in [6.45, 7) is 8.52. The zero-order valence-corrected chi connectivity index (χ0v) is 18.7. The molecule has 0 aromatic carbocycles. The van der Waals surface area contributed by atoms with Crippen molar-refractivity contribution in [2.75, 3.05) is 31.6 Å². The van der Waals surface area contributed by atoms with Crippen LogP contribution < -0.4 is 10.8 Å². The first kappa shape index (κ1) is 23.0. The SMILES string of the molecule is CC(C)CN1CCC(Nc2ncc(C=CC(=O)NOC3CCCCO3)cc2Cl)CC1. The van der Waals surface area contributed by atoms with Gasteiger partial charge >= 0.3 is 0 Å². The Balaban J connectivity index is 1.44. The van der Waals surface area contributed by atoms with E-state index in [0.29, 0.717) is 29.4 Å². The third-order valence-electron chi connectivity index (χ3n) is 5.27. The zero-order valence-electron chi connectivity index (χ0n) is 17.9. The van der Waals surface area contributed by atoms with Gasteiger partial charge in [0.15, 0.2) is 6.29 Å². The molecular formula is C22H33ClN4O3. The van der Waals surface area contributed by atoms with Gasteiger partial charge in [0, 0.05) is 51.0 Å². The molecule has 0 aliphatic carbocycles. The molecule has 1 aromatic heterocycles. The van der Waals surface area contributed by atoms with Crippen LogP contribution in [0.3, 0.4) is 0 Å². The van der Waals surface area contributed by atoms with Crippen molar-refractivity contribution in [2.45, 2.75) is 58.3 Å². The fourth-order valence-corrected chi connectivity index (χ4v) is 3.98. The average molecular weight is 437 g/mol. The number of halogens is 1. The Morgan fingerprint density at radius 3 is 2.83 bits per heavy atom. The van der Waals surface area contributed by atoms with Crippen LogP contribution in [0.1, 0.15) is 51.5 Å². The quantitative estimate of drug-likeness (QED) is 0.476. The van der Waals surface area contributed by atoms with E-state index in [1.807, 2.05) is 0 Å². The number of hydroxylamine groups is 1. The van der Waals surface area contributed by atoms with Crippen LogP contribution in [-0.4, -0.2) is 54.4 Å². The Labute approximate surface area is 184 Å². The molecule has 1 aromatic rings. The molecular weight excluding hydrogens is 404 g/mol. The zero-order chi connectivity index (χ0) is 21.3. The smallest absolute Gasteiger partial charge is 0.267 e. The molecule has 2 fully saturated rings. The molecule has 1 unspecified atom stereocenters. The third kappa shape index (κ3) is 7.54. The minimum atomic E-state index is -0.366. The number of pyridine rings is 1. The highest BCUT2D eigenvalue weighted by Crippen LogP contribution is 2.24. The molecule has 0 bridgehead atoms. The van der Waals surface area contributed by atoms with Crippen molar-refractivity contribution in [1.29, 1.82) is 0 Å².